The molecule has 1 heterocycles. The molecule has 0 unspecified atom stereocenters. The van der Waals surface area contributed by atoms with E-state index in [-0.39, 0.29) is 27.2 Å². The molecule has 0 aliphatic rings. The number of aryl methyl sites for hydroxylation is 1. The SMILES string of the molecule is CC(=O)c1c(C)[nH]c(C(=O)OCC(=O)Nc2c(Cl)cc(Cl)cc2Cl)c1C. The Morgan fingerprint density at radius 3 is 2.19 bits per heavy atom. The molecule has 1 amide bonds. The average Bonchev–Trinajstić information content (AvgIpc) is 2.83. The molecule has 1 aromatic carbocycles. The van der Waals surface area contributed by atoms with Crippen LogP contribution >= 0.6 is 34.8 Å². The van der Waals surface area contributed by atoms with Crippen LogP contribution < -0.4 is 5.32 Å². The summed E-state index contributed by atoms with van der Waals surface area (Å²) in [6, 6.07) is 2.84. The number of nitrogens with one attached hydrogen (secondary N) is 2. The lowest BCUT2D eigenvalue weighted by Crippen LogP contribution is -2.21. The number of hydrogen-bond acceptors (Lipinski definition) is 4. The van der Waals surface area contributed by atoms with Crippen molar-refractivity contribution in [2.75, 3.05) is 11.9 Å². The zero-order valence-electron chi connectivity index (χ0n) is 14.1. The van der Waals surface area contributed by atoms with Crippen LogP contribution in [0.4, 0.5) is 5.69 Å². The van der Waals surface area contributed by atoms with Crippen LogP contribution in [0, 0.1) is 13.8 Å². The van der Waals surface area contributed by atoms with E-state index in [1.807, 2.05) is 0 Å². The number of Topliss-reactive ketones (excluding diaryl/α,β-unsaturated/α-hetero) is 1. The number of aromatic nitrogens is 1. The fourth-order valence-electron chi connectivity index (χ4n) is 2.52. The lowest BCUT2D eigenvalue weighted by atomic mass is 10.1. The zero-order chi connectivity index (χ0) is 19.6. The summed E-state index contributed by atoms with van der Waals surface area (Å²) in [7, 11) is 0. The molecule has 9 heteroatoms. The van der Waals surface area contributed by atoms with E-state index in [0.717, 1.165) is 0 Å². The lowest BCUT2D eigenvalue weighted by molar-refractivity contribution is -0.119. The summed E-state index contributed by atoms with van der Waals surface area (Å²) in [6.07, 6.45) is 0. The molecule has 0 saturated carbocycles. The monoisotopic (exact) mass is 416 g/mol. The van der Waals surface area contributed by atoms with Crippen molar-refractivity contribution < 1.29 is 19.1 Å². The molecule has 26 heavy (non-hydrogen) atoms. The maximum Gasteiger partial charge on any atom is 0.355 e. The number of rotatable bonds is 5. The van der Waals surface area contributed by atoms with Gasteiger partial charge < -0.3 is 15.0 Å². The standard InChI is InChI=1S/C17H15Cl3N2O4/c1-7-14(9(3)23)8(2)21-15(7)17(25)26-6-13(24)22-16-11(19)4-10(18)5-12(16)20/h4-5,21H,6H2,1-3H3,(H,22,24). The third-order valence-electron chi connectivity index (χ3n) is 3.60. The molecule has 2 aromatic rings. The molecule has 0 aliphatic carbocycles. The summed E-state index contributed by atoms with van der Waals surface area (Å²) in [5, 5.41) is 3.09. The maximum absolute atomic E-state index is 12.2. The molecule has 0 fully saturated rings. The van der Waals surface area contributed by atoms with Crippen molar-refractivity contribution in [3.63, 3.8) is 0 Å². The van der Waals surface area contributed by atoms with Crippen molar-refractivity contribution >= 4 is 58.1 Å². The number of carbonyl (C=O) groups excluding carboxylic acids is 3. The number of hydrogen-bond donors (Lipinski definition) is 2. The molecule has 138 valence electrons. The van der Waals surface area contributed by atoms with E-state index in [1.54, 1.807) is 13.8 Å². The van der Waals surface area contributed by atoms with Crippen molar-refractivity contribution in [2.24, 2.45) is 0 Å². The van der Waals surface area contributed by atoms with E-state index in [1.165, 1.54) is 19.1 Å². The number of H-pyrrole nitrogens is 1. The van der Waals surface area contributed by atoms with Crippen LogP contribution in [-0.4, -0.2) is 29.3 Å². The van der Waals surface area contributed by atoms with E-state index in [2.05, 4.69) is 10.3 Å². The predicted octanol–water partition coefficient (Wildman–Crippen LogP) is 4.59. The normalized spacial score (nSPS) is 10.5. The van der Waals surface area contributed by atoms with Gasteiger partial charge >= 0.3 is 5.97 Å². The molecule has 0 radical (unpaired) electrons. The third kappa shape index (κ3) is 4.38. The highest BCUT2D eigenvalue weighted by Crippen LogP contribution is 2.33. The summed E-state index contributed by atoms with van der Waals surface area (Å²) >= 11 is 17.8. The Kier molecular flexibility index (Phi) is 6.34. The van der Waals surface area contributed by atoms with E-state index >= 15 is 0 Å². The second-order valence-corrected chi connectivity index (χ2v) is 6.80. The molecule has 0 spiro atoms. The first-order valence-electron chi connectivity index (χ1n) is 7.43. The fraction of sp³-hybridized carbons (Fsp3) is 0.235. The van der Waals surface area contributed by atoms with Gasteiger partial charge in [0.05, 0.1) is 15.7 Å². The van der Waals surface area contributed by atoms with Crippen LogP contribution in [0.3, 0.4) is 0 Å². The van der Waals surface area contributed by atoms with Crippen LogP contribution in [0.25, 0.3) is 0 Å². The Morgan fingerprint density at radius 2 is 1.69 bits per heavy atom. The number of benzene rings is 1. The smallest absolute Gasteiger partial charge is 0.355 e. The minimum Gasteiger partial charge on any atom is -0.451 e. The Morgan fingerprint density at radius 1 is 1.12 bits per heavy atom. The summed E-state index contributed by atoms with van der Waals surface area (Å²) in [5.74, 6) is -1.54. The van der Waals surface area contributed by atoms with E-state index in [9.17, 15) is 14.4 Å². The lowest BCUT2D eigenvalue weighted by Gasteiger charge is -2.10. The number of carbonyl (C=O) groups is 3. The van der Waals surface area contributed by atoms with Gasteiger partial charge in [0.25, 0.3) is 5.91 Å². The number of ketones is 1. The molecule has 0 saturated heterocycles. The maximum atomic E-state index is 12.2. The van der Waals surface area contributed by atoms with Crippen LogP contribution in [0.5, 0.6) is 0 Å². The fourth-order valence-corrected chi connectivity index (χ4v) is 3.43. The van der Waals surface area contributed by atoms with Crippen LogP contribution in [0.2, 0.25) is 15.1 Å². The largest absolute Gasteiger partial charge is 0.451 e. The van der Waals surface area contributed by atoms with Gasteiger partial charge in [-0.05, 0) is 38.5 Å². The van der Waals surface area contributed by atoms with Gasteiger partial charge in [-0.15, -0.1) is 0 Å². The Bertz CT molecular complexity index is 883. The third-order valence-corrected chi connectivity index (χ3v) is 4.41. The number of amides is 1. The van der Waals surface area contributed by atoms with Gasteiger partial charge in [-0.3, -0.25) is 9.59 Å². The highest BCUT2D eigenvalue weighted by Gasteiger charge is 2.21. The summed E-state index contributed by atoms with van der Waals surface area (Å²) in [5.41, 5.74) is 1.77. The Balaban J connectivity index is 2.05. The zero-order valence-corrected chi connectivity index (χ0v) is 16.4. The summed E-state index contributed by atoms with van der Waals surface area (Å²) in [4.78, 5) is 38.6. The molecular formula is C17H15Cl3N2O4. The molecular weight excluding hydrogens is 403 g/mol. The molecule has 2 rings (SSSR count). The quantitative estimate of drug-likeness (QED) is 0.550. The van der Waals surface area contributed by atoms with Gasteiger partial charge in [-0.1, -0.05) is 34.8 Å². The van der Waals surface area contributed by atoms with Gasteiger partial charge in [-0.2, -0.15) is 0 Å². The first-order chi connectivity index (χ1) is 12.1. The Labute approximate surface area is 164 Å². The van der Waals surface area contributed by atoms with E-state index in [4.69, 9.17) is 39.5 Å². The van der Waals surface area contributed by atoms with Gasteiger partial charge in [0.2, 0.25) is 0 Å². The number of anilines is 1. The van der Waals surface area contributed by atoms with Crippen molar-refractivity contribution in [3.05, 3.63) is 49.7 Å². The number of esters is 1. The summed E-state index contributed by atoms with van der Waals surface area (Å²) < 4.78 is 4.99. The highest BCUT2D eigenvalue weighted by molar-refractivity contribution is 6.42. The number of ether oxygens (including phenoxy) is 1. The number of halogens is 3. The molecule has 2 N–H and O–H groups in total. The minimum absolute atomic E-state index is 0.128. The second kappa shape index (κ2) is 8.12. The average molecular weight is 418 g/mol. The van der Waals surface area contributed by atoms with E-state index in [0.29, 0.717) is 21.8 Å². The second-order valence-electron chi connectivity index (χ2n) is 5.55. The van der Waals surface area contributed by atoms with Crippen molar-refractivity contribution in [2.45, 2.75) is 20.8 Å². The van der Waals surface area contributed by atoms with Gasteiger partial charge in [-0.25, -0.2) is 4.79 Å². The topological polar surface area (TPSA) is 88.3 Å². The van der Waals surface area contributed by atoms with Crippen molar-refractivity contribution in [1.82, 2.24) is 4.98 Å². The highest BCUT2D eigenvalue weighted by atomic mass is 35.5. The van der Waals surface area contributed by atoms with Crippen molar-refractivity contribution in [1.29, 1.82) is 0 Å². The predicted molar refractivity (Wildman–Crippen MR) is 101 cm³/mol. The molecule has 0 atom stereocenters. The van der Waals surface area contributed by atoms with Gasteiger partial charge in [0.15, 0.2) is 12.4 Å². The summed E-state index contributed by atoms with van der Waals surface area (Å²) in [6.45, 7) is 4.16. The van der Waals surface area contributed by atoms with Gasteiger partial charge in [0, 0.05) is 16.3 Å². The molecule has 1 aromatic heterocycles. The Hall–Kier alpha value is -2.02. The van der Waals surface area contributed by atoms with Gasteiger partial charge in [0.1, 0.15) is 5.69 Å². The first-order valence-corrected chi connectivity index (χ1v) is 8.56. The van der Waals surface area contributed by atoms with Crippen LogP contribution in [-0.2, 0) is 9.53 Å². The molecule has 6 nitrogen and oxygen atoms in total. The van der Waals surface area contributed by atoms with Crippen LogP contribution in [0.1, 0.15) is 39.0 Å². The van der Waals surface area contributed by atoms with Crippen molar-refractivity contribution in [3.8, 4) is 0 Å². The van der Waals surface area contributed by atoms with E-state index < -0.39 is 18.5 Å². The number of aromatic amines is 1. The molecule has 0 bridgehead atoms. The van der Waals surface area contributed by atoms with Crippen LogP contribution in [0.15, 0.2) is 12.1 Å². The molecule has 0 aliphatic heterocycles. The minimum atomic E-state index is -0.749. The first kappa shape index (κ1) is 20.3.